The van der Waals surface area contributed by atoms with E-state index in [2.05, 4.69) is 15.4 Å². The third kappa shape index (κ3) is 4.06. The molecule has 0 spiro atoms. The quantitative estimate of drug-likeness (QED) is 0.452. The molecule has 0 aliphatic rings. The molecule has 9 nitrogen and oxygen atoms in total. The molecule has 0 bridgehead atoms. The lowest BCUT2D eigenvalue weighted by Gasteiger charge is -2.04. The van der Waals surface area contributed by atoms with Crippen molar-refractivity contribution in [1.29, 1.82) is 0 Å². The minimum Gasteiger partial charge on any atom is -0.456 e. The normalized spacial score (nSPS) is 10.9. The van der Waals surface area contributed by atoms with Crippen molar-refractivity contribution in [3.8, 4) is 11.3 Å². The second-order valence-electron chi connectivity index (χ2n) is 6.56. The van der Waals surface area contributed by atoms with Crippen LogP contribution in [0.5, 0.6) is 0 Å². The maximum absolute atomic E-state index is 12.7. The van der Waals surface area contributed by atoms with Crippen molar-refractivity contribution in [2.45, 2.75) is 20.1 Å². The van der Waals surface area contributed by atoms with Gasteiger partial charge in [0.15, 0.2) is 35.2 Å². The van der Waals surface area contributed by atoms with Crippen LogP contribution >= 0.6 is 0 Å². The number of aliphatic hydroxyl groups is 1. The van der Waals surface area contributed by atoms with Gasteiger partial charge in [-0.05, 0) is 23.8 Å². The predicted molar refractivity (Wildman–Crippen MR) is 106 cm³/mol. The predicted octanol–water partition coefficient (Wildman–Crippen LogP) is 3.13. The summed E-state index contributed by atoms with van der Waals surface area (Å²) >= 11 is 0. The highest BCUT2D eigenvalue weighted by molar-refractivity contribution is 6.05. The minimum atomic E-state index is -0.477. The van der Waals surface area contributed by atoms with Gasteiger partial charge in [-0.15, -0.1) is 0 Å². The van der Waals surface area contributed by atoms with Gasteiger partial charge in [0.2, 0.25) is 0 Å². The van der Waals surface area contributed by atoms with Gasteiger partial charge in [-0.2, -0.15) is 5.10 Å². The van der Waals surface area contributed by atoms with Gasteiger partial charge in [0, 0.05) is 24.8 Å². The molecule has 0 aliphatic heterocycles. The SMILES string of the molecule is CC(=O)c1ccc(Cn2ccc(NC(=O)c3ncoc3-c3cccc(CO)c3)n2)o1. The first-order valence-corrected chi connectivity index (χ1v) is 9.11. The molecule has 4 rings (SSSR count). The zero-order valence-electron chi connectivity index (χ0n) is 16.0. The Kier molecular flexibility index (Phi) is 5.27. The molecule has 0 aliphatic carbocycles. The highest BCUT2D eigenvalue weighted by Gasteiger charge is 2.19. The molecule has 0 unspecified atom stereocenters. The number of Topliss-reactive ketones (excluding diaryl/α,β-unsaturated/α-hetero) is 1. The number of nitrogens with one attached hydrogen (secondary N) is 1. The first-order valence-electron chi connectivity index (χ1n) is 9.11. The van der Waals surface area contributed by atoms with Crippen LogP contribution in [0.1, 0.15) is 39.3 Å². The Labute approximate surface area is 171 Å². The topological polar surface area (TPSA) is 123 Å². The summed E-state index contributed by atoms with van der Waals surface area (Å²) in [6.45, 7) is 1.62. The summed E-state index contributed by atoms with van der Waals surface area (Å²) in [7, 11) is 0. The van der Waals surface area contributed by atoms with Crippen molar-refractivity contribution >= 4 is 17.5 Å². The van der Waals surface area contributed by atoms with Gasteiger partial charge in [-0.3, -0.25) is 14.3 Å². The van der Waals surface area contributed by atoms with E-state index in [0.717, 1.165) is 0 Å². The van der Waals surface area contributed by atoms with Gasteiger partial charge in [0.05, 0.1) is 13.2 Å². The van der Waals surface area contributed by atoms with Gasteiger partial charge in [-0.1, -0.05) is 18.2 Å². The van der Waals surface area contributed by atoms with Gasteiger partial charge < -0.3 is 19.3 Å². The average Bonchev–Trinajstić information content (AvgIpc) is 3.49. The summed E-state index contributed by atoms with van der Waals surface area (Å²) < 4.78 is 12.4. The smallest absolute Gasteiger partial charge is 0.279 e. The fraction of sp³-hybridized carbons (Fsp3) is 0.143. The molecular weight excluding hydrogens is 388 g/mol. The van der Waals surface area contributed by atoms with E-state index in [0.29, 0.717) is 35.0 Å². The van der Waals surface area contributed by atoms with E-state index in [9.17, 15) is 14.7 Å². The number of amides is 1. The zero-order valence-corrected chi connectivity index (χ0v) is 16.0. The summed E-state index contributed by atoms with van der Waals surface area (Å²) in [6.07, 6.45) is 2.87. The number of ketones is 1. The van der Waals surface area contributed by atoms with Crippen LogP contribution in [0.15, 0.2) is 63.9 Å². The van der Waals surface area contributed by atoms with Crippen molar-refractivity contribution in [3.05, 3.63) is 77.8 Å². The fourth-order valence-electron chi connectivity index (χ4n) is 2.93. The monoisotopic (exact) mass is 406 g/mol. The number of aromatic nitrogens is 3. The van der Waals surface area contributed by atoms with Gasteiger partial charge in [-0.25, -0.2) is 4.98 Å². The molecule has 152 valence electrons. The number of hydrogen-bond acceptors (Lipinski definition) is 7. The highest BCUT2D eigenvalue weighted by Crippen LogP contribution is 2.25. The zero-order chi connectivity index (χ0) is 21.1. The lowest BCUT2D eigenvalue weighted by Crippen LogP contribution is -2.14. The summed E-state index contributed by atoms with van der Waals surface area (Å²) in [6, 6.07) is 12.0. The molecule has 1 aromatic carbocycles. The van der Waals surface area contributed by atoms with Crippen molar-refractivity contribution in [2.24, 2.45) is 0 Å². The average molecular weight is 406 g/mol. The maximum Gasteiger partial charge on any atom is 0.279 e. The molecule has 1 amide bonds. The lowest BCUT2D eigenvalue weighted by atomic mass is 10.1. The Bertz CT molecular complexity index is 1200. The summed E-state index contributed by atoms with van der Waals surface area (Å²) in [4.78, 5) is 28.0. The Balaban J connectivity index is 1.47. The molecule has 3 heterocycles. The summed E-state index contributed by atoms with van der Waals surface area (Å²) in [5.74, 6) is 0.863. The molecule has 3 aromatic heterocycles. The van der Waals surface area contributed by atoms with Crippen LogP contribution < -0.4 is 5.32 Å². The van der Waals surface area contributed by atoms with Crippen LogP contribution in [-0.2, 0) is 13.2 Å². The van der Waals surface area contributed by atoms with Crippen LogP contribution in [0.25, 0.3) is 11.3 Å². The highest BCUT2D eigenvalue weighted by atomic mass is 16.4. The molecule has 0 fully saturated rings. The molecule has 0 atom stereocenters. The largest absolute Gasteiger partial charge is 0.456 e. The molecule has 4 aromatic rings. The number of anilines is 1. The van der Waals surface area contributed by atoms with Crippen LogP contribution in [0.2, 0.25) is 0 Å². The number of nitrogens with zero attached hydrogens (tertiary/aromatic N) is 3. The van der Waals surface area contributed by atoms with Crippen LogP contribution in [-0.4, -0.2) is 31.6 Å². The number of benzene rings is 1. The fourth-order valence-corrected chi connectivity index (χ4v) is 2.93. The number of carbonyl (C=O) groups excluding carboxylic acids is 2. The van der Waals surface area contributed by atoms with Crippen molar-refractivity contribution in [3.63, 3.8) is 0 Å². The first kappa shape index (κ1) is 19.3. The van der Waals surface area contributed by atoms with Crippen molar-refractivity contribution < 1.29 is 23.5 Å². The number of carbonyl (C=O) groups is 2. The van der Waals surface area contributed by atoms with Gasteiger partial charge in [0.25, 0.3) is 5.91 Å². The van der Waals surface area contributed by atoms with Crippen LogP contribution in [0.4, 0.5) is 5.82 Å². The first-order chi connectivity index (χ1) is 14.5. The van der Waals surface area contributed by atoms with E-state index in [-0.39, 0.29) is 23.8 Å². The molecule has 2 N–H and O–H groups in total. The van der Waals surface area contributed by atoms with E-state index in [1.165, 1.54) is 13.3 Å². The van der Waals surface area contributed by atoms with E-state index in [1.807, 2.05) is 0 Å². The summed E-state index contributed by atoms with van der Waals surface area (Å²) in [5, 5.41) is 16.3. The summed E-state index contributed by atoms with van der Waals surface area (Å²) in [5.41, 5.74) is 1.44. The Morgan fingerprint density at radius 1 is 1.20 bits per heavy atom. The second-order valence-corrected chi connectivity index (χ2v) is 6.56. The molecule has 9 heteroatoms. The Morgan fingerprint density at radius 3 is 2.83 bits per heavy atom. The molecular formula is C21H18N4O5. The lowest BCUT2D eigenvalue weighted by molar-refractivity contribution is 0.0983. The van der Waals surface area contributed by atoms with E-state index < -0.39 is 5.91 Å². The third-order valence-corrected chi connectivity index (χ3v) is 4.36. The third-order valence-electron chi connectivity index (χ3n) is 4.36. The van der Waals surface area contributed by atoms with Gasteiger partial charge >= 0.3 is 0 Å². The van der Waals surface area contributed by atoms with Crippen molar-refractivity contribution in [1.82, 2.24) is 14.8 Å². The molecule has 0 saturated heterocycles. The number of oxazole rings is 1. The van der Waals surface area contributed by atoms with E-state index in [4.69, 9.17) is 8.83 Å². The van der Waals surface area contributed by atoms with E-state index >= 15 is 0 Å². The number of aliphatic hydroxyl groups excluding tert-OH is 1. The minimum absolute atomic E-state index is 0.108. The van der Waals surface area contributed by atoms with Gasteiger partial charge in [0.1, 0.15) is 5.76 Å². The molecule has 30 heavy (non-hydrogen) atoms. The van der Waals surface area contributed by atoms with E-state index in [1.54, 1.807) is 53.3 Å². The standard InChI is InChI=1S/C21H18N4O5/c1-13(27)17-6-5-16(30-17)10-25-8-7-18(24-25)23-21(28)19-20(29-12-22-19)15-4-2-3-14(9-15)11-26/h2-9,12,26H,10-11H2,1H3,(H,23,24,28). The second kappa shape index (κ2) is 8.18. The van der Waals surface area contributed by atoms with Crippen LogP contribution in [0.3, 0.4) is 0 Å². The maximum atomic E-state index is 12.7. The Morgan fingerprint density at radius 2 is 2.07 bits per heavy atom. The molecule has 0 saturated carbocycles. The van der Waals surface area contributed by atoms with Crippen molar-refractivity contribution in [2.75, 3.05) is 5.32 Å². The number of rotatable bonds is 7. The number of hydrogen-bond donors (Lipinski definition) is 2. The Hall–Kier alpha value is -3.98. The number of furan rings is 1. The molecule has 0 radical (unpaired) electrons. The van der Waals surface area contributed by atoms with Crippen LogP contribution in [0, 0.1) is 0 Å².